The number of nitrogens with zero attached hydrogens (tertiary/aromatic N) is 3. The molecule has 0 aliphatic rings. The van der Waals surface area contributed by atoms with Crippen molar-refractivity contribution in [2.45, 2.75) is 58.7 Å². The molecule has 0 amide bonds. The molecule has 37 heavy (non-hydrogen) atoms. The van der Waals surface area contributed by atoms with Crippen molar-refractivity contribution in [2.75, 3.05) is 47.5 Å². The first kappa shape index (κ1) is 33.5. The van der Waals surface area contributed by atoms with E-state index >= 15 is 0 Å². The van der Waals surface area contributed by atoms with Crippen molar-refractivity contribution in [3.8, 4) is 6.07 Å². The summed E-state index contributed by atoms with van der Waals surface area (Å²) in [4.78, 5) is 26.0. The van der Waals surface area contributed by atoms with E-state index in [1.807, 2.05) is 38.4 Å². The summed E-state index contributed by atoms with van der Waals surface area (Å²) >= 11 is 0. The van der Waals surface area contributed by atoms with Crippen LogP contribution in [0.1, 0.15) is 40.3 Å². The zero-order valence-electron chi connectivity index (χ0n) is 22.3. The van der Waals surface area contributed by atoms with Gasteiger partial charge in [-0.1, -0.05) is 0 Å². The molecule has 1 rings (SSSR count). The fourth-order valence-electron chi connectivity index (χ4n) is 3.08. The van der Waals surface area contributed by atoms with Crippen LogP contribution >= 0.6 is 16.1 Å². The minimum atomic E-state index is -3.58. The first-order valence-corrected chi connectivity index (χ1v) is 14.4. The maximum absolute atomic E-state index is 12.6. The lowest BCUT2D eigenvalue weighted by Crippen LogP contribution is -2.38. The van der Waals surface area contributed by atoms with E-state index in [2.05, 4.69) is 4.98 Å². The van der Waals surface area contributed by atoms with Gasteiger partial charge in [0.25, 0.3) is 14.1 Å². The Bertz CT molecular complexity index is 981. The van der Waals surface area contributed by atoms with Gasteiger partial charge < -0.3 is 32.3 Å². The molecule has 1 unspecified atom stereocenters. The molecule has 1 aromatic heterocycles. The normalized spacial score (nSPS) is 14.7. The molecular weight excluding hydrogens is 530 g/mol. The Balaban J connectivity index is 3.23. The lowest BCUT2D eigenvalue weighted by Gasteiger charge is -2.36. The maximum atomic E-state index is 12.6. The Morgan fingerprint density at radius 3 is 2.27 bits per heavy atom. The summed E-state index contributed by atoms with van der Waals surface area (Å²) in [5.41, 5.74) is -1.29. The number of nitriles is 1. The van der Waals surface area contributed by atoms with Crippen molar-refractivity contribution >= 4 is 16.1 Å². The van der Waals surface area contributed by atoms with Crippen LogP contribution in [-0.2, 0) is 36.9 Å². The van der Waals surface area contributed by atoms with Gasteiger partial charge in [-0.15, -0.1) is 0 Å². The van der Waals surface area contributed by atoms with Crippen molar-refractivity contribution in [3.05, 3.63) is 33.1 Å². The van der Waals surface area contributed by atoms with Crippen LogP contribution in [0.5, 0.6) is 0 Å². The SMILES string of the molecule is COC[C@@H](O[C@H](COP(OCCC#N)N(C(C)C)C(C)C)OCP(=O)(OC)OC)n1ccc(=O)[nH]c1=O. The molecule has 0 aromatic carbocycles. The summed E-state index contributed by atoms with van der Waals surface area (Å²) in [7, 11) is -1.37. The van der Waals surface area contributed by atoms with Gasteiger partial charge in [0.1, 0.15) is 6.61 Å². The smallest absolute Gasteiger partial charge is 0.355 e. The highest BCUT2D eigenvalue weighted by molar-refractivity contribution is 7.53. The molecular formula is C21H38N4O10P2. The van der Waals surface area contributed by atoms with Gasteiger partial charge in [-0.05, 0) is 27.7 Å². The Morgan fingerprint density at radius 2 is 1.76 bits per heavy atom. The monoisotopic (exact) mass is 568 g/mol. The highest BCUT2D eigenvalue weighted by atomic mass is 31.2. The Morgan fingerprint density at radius 1 is 1.11 bits per heavy atom. The Hall–Kier alpha value is -1.49. The summed E-state index contributed by atoms with van der Waals surface area (Å²) < 4.78 is 54.4. The highest BCUT2D eigenvalue weighted by Gasteiger charge is 2.31. The fourth-order valence-corrected chi connectivity index (χ4v) is 5.38. The molecule has 0 saturated heterocycles. The minimum Gasteiger partial charge on any atom is -0.380 e. The summed E-state index contributed by atoms with van der Waals surface area (Å²) in [6.07, 6.45) is -1.26. The van der Waals surface area contributed by atoms with E-state index in [0.29, 0.717) is 0 Å². The predicted octanol–water partition coefficient (Wildman–Crippen LogP) is 2.78. The number of aromatic amines is 1. The lowest BCUT2D eigenvalue weighted by atomic mass is 10.3. The Labute approximate surface area is 218 Å². The van der Waals surface area contributed by atoms with E-state index in [4.69, 9.17) is 37.6 Å². The van der Waals surface area contributed by atoms with Crippen LogP contribution in [0.15, 0.2) is 21.9 Å². The van der Waals surface area contributed by atoms with E-state index in [0.717, 1.165) is 10.6 Å². The molecule has 0 bridgehead atoms. The average molecular weight is 569 g/mol. The van der Waals surface area contributed by atoms with Crippen LogP contribution in [0.2, 0.25) is 0 Å². The third kappa shape index (κ3) is 11.4. The van der Waals surface area contributed by atoms with Crippen LogP contribution < -0.4 is 11.2 Å². The predicted molar refractivity (Wildman–Crippen MR) is 136 cm³/mol. The van der Waals surface area contributed by atoms with Gasteiger partial charge >= 0.3 is 13.3 Å². The van der Waals surface area contributed by atoms with Gasteiger partial charge in [-0.3, -0.25) is 18.9 Å². The van der Waals surface area contributed by atoms with Crippen molar-refractivity contribution in [1.29, 1.82) is 5.26 Å². The number of hydrogen-bond donors (Lipinski definition) is 1. The van der Waals surface area contributed by atoms with Crippen LogP contribution in [0, 0.1) is 11.3 Å². The molecule has 0 radical (unpaired) electrons. The van der Waals surface area contributed by atoms with Gasteiger partial charge in [0, 0.05) is 45.7 Å². The van der Waals surface area contributed by atoms with E-state index < -0.39 is 46.2 Å². The van der Waals surface area contributed by atoms with E-state index in [-0.39, 0.29) is 38.3 Å². The molecule has 0 aliphatic heterocycles. The molecule has 3 atom stereocenters. The van der Waals surface area contributed by atoms with Crippen molar-refractivity contribution in [1.82, 2.24) is 14.2 Å². The molecule has 14 nitrogen and oxygen atoms in total. The molecule has 0 aliphatic carbocycles. The second-order valence-electron chi connectivity index (χ2n) is 8.11. The van der Waals surface area contributed by atoms with Crippen molar-refractivity contribution < 1.29 is 36.9 Å². The topological polar surface area (TPSA) is 164 Å². The van der Waals surface area contributed by atoms with Gasteiger partial charge in [-0.25, -0.2) is 9.46 Å². The van der Waals surface area contributed by atoms with E-state index in [1.165, 1.54) is 27.5 Å². The highest BCUT2D eigenvalue weighted by Crippen LogP contribution is 2.48. The molecule has 1 N–H and O–H groups in total. The maximum Gasteiger partial charge on any atom is 0.355 e. The quantitative estimate of drug-likeness (QED) is 0.148. The number of hydrogen-bond acceptors (Lipinski definition) is 12. The molecule has 212 valence electrons. The van der Waals surface area contributed by atoms with Gasteiger partial charge in [0.15, 0.2) is 18.9 Å². The van der Waals surface area contributed by atoms with Crippen molar-refractivity contribution in [3.63, 3.8) is 0 Å². The van der Waals surface area contributed by atoms with Crippen LogP contribution in [0.25, 0.3) is 0 Å². The van der Waals surface area contributed by atoms with E-state index in [9.17, 15) is 14.2 Å². The second-order valence-corrected chi connectivity index (χ2v) is 11.8. The van der Waals surface area contributed by atoms with Crippen molar-refractivity contribution in [2.24, 2.45) is 0 Å². The largest absolute Gasteiger partial charge is 0.380 e. The number of methoxy groups -OCH3 is 1. The average Bonchev–Trinajstić information content (AvgIpc) is 2.84. The third-order valence-corrected chi connectivity index (χ3v) is 8.39. The number of ether oxygens (including phenoxy) is 3. The molecule has 0 saturated carbocycles. The van der Waals surface area contributed by atoms with Gasteiger partial charge in [-0.2, -0.15) is 5.26 Å². The standard InChI is InChI=1S/C21H38N4O10P2/c1-16(2)25(17(3)4)36(33-12-8-10-22)34-14-20(32-15-37(28,30-6)31-7)35-19(13-29-5)24-11-9-18(26)23-21(24)27/h9,11,16-17,19-20H,8,12-15H2,1-7H3,(H,23,26,27)/t19-,20-,36?/m1/s1. The molecule has 16 heteroatoms. The number of rotatable bonds is 19. The molecule has 1 heterocycles. The van der Waals surface area contributed by atoms with Crippen LogP contribution in [0.3, 0.4) is 0 Å². The number of H-pyrrole nitrogens is 1. The summed E-state index contributed by atoms with van der Waals surface area (Å²) in [6.45, 7) is 7.81. The molecule has 1 aromatic rings. The van der Waals surface area contributed by atoms with Crippen LogP contribution in [-0.4, -0.2) is 80.1 Å². The number of aromatic nitrogens is 2. The summed E-state index contributed by atoms with van der Waals surface area (Å²) in [5.74, 6) is 0. The second kappa shape index (κ2) is 17.2. The summed E-state index contributed by atoms with van der Waals surface area (Å²) in [5, 5.41) is 8.92. The van der Waals surface area contributed by atoms with Crippen LogP contribution in [0.4, 0.5) is 0 Å². The minimum absolute atomic E-state index is 0.0524. The first-order valence-electron chi connectivity index (χ1n) is 11.5. The molecule has 0 fully saturated rings. The zero-order valence-corrected chi connectivity index (χ0v) is 24.1. The van der Waals surface area contributed by atoms with Gasteiger partial charge in [0.2, 0.25) is 0 Å². The third-order valence-electron chi connectivity index (χ3n) is 4.74. The zero-order chi connectivity index (χ0) is 28.0. The Kier molecular flexibility index (Phi) is 15.6. The fraction of sp³-hybridized carbons (Fsp3) is 0.762. The van der Waals surface area contributed by atoms with E-state index in [1.54, 1.807) is 0 Å². The number of nitrogens with one attached hydrogen (secondary N) is 1. The lowest BCUT2D eigenvalue weighted by molar-refractivity contribution is -0.208. The molecule has 0 spiro atoms. The van der Waals surface area contributed by atoms with Gasteiger partial charge in [0.05, 0.1) is 25.7 Å². The summed E-state index contributed by atoms with van der Waals surface area (Å²) in [6, 6.07) is 3.30. The first-order chi connectivity index (χ1) is 17.5.